The minimum absolute atomic E-state index is 0.739. The molecule has 0 radical (unpaired) electrons. The van der Waals surface area contributed by atoms with Crippen LogP contribution in [-0.4, -0.2) is 11.4 Å². The van der Waals surface area contributed by atoms with E-state index in [1.165, 1.54) is 44.9 Å². The van der Waals surface area contributed by atoms with Crippen molar-refractivity contribution in [2.75, 3.05) is 0 Å². The monoisotopic (exact) mass is 284 g/mol. The normalized spacial score (nSPS) is 20.5. The van der Waals surface area contributed by atoms with Gasteiger partial charge in [-0.2, -0.15) is 0 Å². The van der Waals surface area contributed by atoms with Crippen LogP contribution in [0.25, 0.3) is 0 Å². The molecule has 0 bridgehead atoms. The molecule has 1 fully saturated rings. The molecule has 0 amide bonds. The van der Waals surface area contributed by atoms with E-state index in [1.807, 2.05) is 0 Å². The Kier molecular flexibility index (Phi) is 5.51. The summed E-state index contributed by atoms with van der Waals surface area (Å²) in [6.07, 6.45) is 9.24. The van der Waals surface area contributed by atoms with Crippen LogP contribution in [0.5, 0.6) is 0 Å². The van der Waals surface area contributed by atoms with E-state index in [1.54, 1.807) is 0 Å². The van der Waals surface area contributed by atoms with Gasteiger partial charge in [-0.25, -0.2) is 0 Å². The number of rotatable bonds is 4. The molecule has 1 saturated carbocycles. The predicted molar refractivity (Wildman–Crippen MR) is 64.0 cm³/mol. The van der Waals surface area contributed by atoms with Gasteiger partial charge in [0.2, 0.25) is 0 Å². The second-order valence-electron chi connectivity index (χ2n) is 4.20. The molecule has 0 aromatic heterocycles. The molecule has 0 saturated heterocycles. The molecule has 13 heavy (non-hydrogen) atoms. The van der Waals surface area contributed by atoms with E-state index >= 15 is 0 Å². The summed E-state index contributed by atoms with van der Waals surface area (Å²) >= 11 is -2.38. The van der Waals surface area contributed by atoms with Crippen molar-refractivity contribution in [2.45, 2.75) is 61.9 Å². The Labute approximate surface area is 93.1 Å². The summed E-state index contributed by atoms with van der Waals surface area (Å²) in [4.78, 5) is 0. The quantitative estimate of drug-likeness (QED) is 0.634. The van der Waals surface area contributed by atoms with Crippen LogP contribution >= 0.6 is 20.0 Å². The van der Waals surface area contributed by atoms with E-state index in [4.69, 9.17) is 20.0 Å². The van der Waals surface area contributed by atoms with E-state index in [2.05, 4.69) is 6.92 Å². The van der Waals surface area contributed by atoms with Gasteiger partial charge in [-0.15, -0.1) is 0 Å². The summed E-state index contributed by atoms with van der Waals surface area (Å²) in [7, 11) is 13.1. The molecule has 0 unspecified atom stereocenters. The van der Waals surface area contributed by atoms with Crippen LogP contribution in [0.1, 0.15) is 51.9 Å². The van der Waals surface area contributed by atoms with Crippen LogP contribution in [0.2, 0.25) is 10.0 Å². The molecule has 1 rings (SSSR count). The Morgan fingerprint density at radius 3 is 2.31 bits per heavy atom. The van der Waals surface area contributed by atoms with E-state index in [0.29, 0.717) is 0 Å². The third kappa shape index (κ3) is 4.01. The fraction of sp³-hybridized carbons (Fsp3) is 1.00. The first-order chi connectivity index (χ1) is 6.17. The first-order valence-electron chi connectivity index (χ1n) is 5.54. The topological polar surface area (TPSA) is 0 Å². The molecular formula is C10H20Cl2Ge. The zero-order chi connectivity index (χ0) is 9.73. The minimum atomic E-state index is -2.38. The number of halogens is 2. The summed E-state index contributed by atoms with van der Waals surface area (Å²) in [6, 6.07) is 0. The van der Waals surface area contributed by atoms with Gasteiger partial charge in [0, 0.05) is 0 Å². The van der Waals surface area contributed by atoms with Crippen molar-refractivity contribution < 1.29 is 0 Å². The van der Waals surface area contributed by atoms with Gasteiger partial charge in [0.15, 0.2) is 0 Å². The van der Waals surface area contributed by atoms with E-state index in [0.717, 1.165) is 10.0 Å². The maximum absolute atomic E-state index is 6.55. The second kappa shape index (κ2) is 5.87. The molecule has 0 atom stereocenters. The standard InChI is InChI=1S/C10H20Cl2Ge/c1-2-3-9-13(11,12)10-7-5-4-6-8-10/h10H,2-9H2,1H3. The average Bonchev–Trinajstić information content (AvgIpc) is 2.16. The van der Waals surface area contributed by atoms with Crippen LogP contribution in [0.4, 0.5) is 0 Å². The number of hydrogen-bond donors (Lipinski definition) is 0. The molecule has 0 heterocycles. The van der Waals surface area contributed by atoms with Gasteiger partial charge >= 0.3 is 93.3 Å². The first kappa shape index (κ1) is 12.2. The number of unbranched alkanes of at least 4 members (excludes halogenated alkanes) is 1. The first-order valence-corrected chi connectivity index (χ1v) is 13.8. The van der Waals surface area contributed by atoms with Gasteiger partial charge in [-0.05, 0) is 0 Å². The maximum atomic E-state index is 6.55. The summed E-state index contributed by atoms with van der Waals surface area (Å²) in [5, 5.41) is 1.16. The van der Waals surface area contributed by atoms with Gasteiger partial charge < -0.3 is 0 Å². The summed E-state index contributed by atoms with van der Waals surface area (Å²) in [5.74, 6) is 0. The van der Waals surface area contributed by atoms with Crippen molar-refractivity contribution >= 4 is 31.4 Å². The Morgan fingerprint density at radius 1 is 1.15 bits per heavy atom. The van der Waals surface area contributed by atoms with Crippen molar-refractivity contribution in [3.63, 3.8) is 0 Å². The van der Waals surface area contributed by atoms with Crippen molar-refractivity contribution in [3.05, 3.63) is 0 Å². The van der Waals surface area contributed by atoms with Gasteiger partial charge in [0.1, 0.15) is 0 Å². The van der Waals surface area contributed by atoms with Crippen LogP contribution in [-0.2, 0) is 0 Å². The fourth-order valence-electron chi connectivity index (χ4n) is 2.14. The van der Waals surface area contributed by atoms with Gasteiger partial charge in [0.05, 0.1) is 0 Å². The van der Waals surface area contributed by atoms with Crippen LogP contribution in [0.3, 0.4) is 0 Å². The van der Waals surface area contributed by atoms with E-state index < -0.39 is 11.4 Å². The zero-order valence-corrected chi connectivity index (χ0v) is 12.1. The van der Waals surface area contributed by atoms with Crippen molar-refractivity contribution in [2.24, 2.45) is 0 Å². The molecule has 0 aromatic rings. The molecule has 0 N–H and O–H groups in total. The van der Waals surface area contributed by atoms with Crippen molar-refractivity contribution in [3.8, 4) is 0 Å². The van der Waals surface area contributed by atoms with Gasteiger partial charge in [-0.1, -0.05) is 0 Å². The fourth-order valence-corrected chi connectivity index (χ4v) is 11.0. The summed E-state index contributed by atoms with van der Waals surface area (Å²) in [6.45, 7) is 2.22. The molecule has 3 heteroatoms. The van der Waals surface area contributed by atoms with Crippen LogP contribution in [0, 0.1) is 0 Å². The molecule has 0 aromatic carbocycles. The van der Waals surface area contributed by atoms with Crippen LogP contribution < -0.4 is 0 Å². The second-order valence-corrected chi connectivity index (χ2v) is 18.2. The summed E-state index contributed by atoms with van der Waals surface area (Å²) in [5.41, 5.74) is 0. The SMILES string of the molecule is CCC[CH2][Ge]([Cl])([Cl])[CH]1CCCCC1. The van der Waals surface area contributed by atoms with Gasteiger partial charge in [-0.3, -0.25) is 0 Å². The molecular weight excluding hydrogens is 264 g/mol. The van der Waals surface area contributed by atoms with Crippen molar-refractivity contribution in [1.82, 2.24) is 0 Å². The predicted octanol–water partition coefficient (Wildman–Crippen LogP) is 5.04. The Bertz CT molecular complexity index is 142. The van der Waals surface area contributed by atoms with Crippen LogP contribution in [0.15, 0.2) is 0 Å². The molecule has 78 valence electrons. The van der Waals surface area contributed by atoms with E-state index in [-0.39, 0.29) is 0 Å². The number of hydrogen-bond acceptors (Lipinski definition) is 0. The third-order valence-electron chi connectivity index (χ3n) is 3.07. The molecule has 0 aliphatic heterocycles. The molecule has 0 nitrogen and oxygen atoms in total. The molecule has 0 spiro atoms. The zero-order valence-electron chi connectivity index (χ0n) is 8.49. The Hall–Kier alpha value is 1.12. The van der Waals surface area contributed by atoms with E-state index in [9.17, 15) is 0 Å². The Balaban J connectivity index is 2.36. The van der Waals surface area contributed by atoms with Gasteiger partial charge in [0.25, 0.3) is 0 Å². The molecule has 1 aliphatic carbocycles. The average molecular weight is 284 g/mol. The Morgan fingerprint density at radius 2 is 1.77 bits per heavy atom. The molecule has 1 aliphatic rings. The third-order valence-corrected chi connectivity index (χ3v) is 14.1. The van der Waals surface area contributed by atoms with Crippen molar-refractivity contribution in [1.29, 1.82) is 0 Å². The summed E-state index contributed by atoms with van der Waals surface area (Å²) < 4.78 is 0.739.